The number of nitrogens with one attached hydrogen (secondary N) is 2. The van der Waals surface area contributed by atoms with Crippen LogP contribution in [0.4, 0.5) is 14.6 Å². The van der Waals surface area contributed by atoms with Crippen molar-refractivity contribution in [2.45, 2.75) is 50.1 Å². The Morgan fingerprint density at radius 3 is 2.68 bits per heavy atom. The third-order valence-corrected chi connectivity index (χ3v) is 7.56. The van der Waals surface area contributed by atoms with Crippen molar-refractivity contribution in [3.63, 3.8) is 0 Å². The molecule has 0 aromatic carbocycles. The van der Waals surface area contributed by atoms with Crippen molar-refractivity contribution >= 4 is 22.8 Å². The van der Waals surface area contributed by atoms with Gasteiger partial charge in [-0.05, 0) is 43.6 Å². The number of nitrogens with zero attached hydrogens (tertiary/aromatic N) is 5. The number of rotatable bonds is 5. The summed E-state index contributed by atoms with van der Waals surface area (Å²) < 4.78 is 29.5. The molecular formula is C23H21F2N7O2. The third kappa shape index (κ3) is 3.28. The van der Waals surface area contributed by atoms with E-state index in [2.05, 4.69) is 35.3 Å². The van der Waals surface area contributed by atoms with Gasteiger partial charge >= 0.3 is 5.97 Å². The van der Waals surface area contributed by atoms with Crippen LogP contribution in [0.15, 0.2) is 12.3 Å². The van der Waals surface area contributed by atoms with E-state index in [1.54, 1.807) is 0 Å². The largest absolute Gasteiger partial charge is 0.481 e. The van der Waals surface area contributed by atoms with Gasteiger partial charge in [-0.2, -0.15) is 5.10 Å². The fraction of sp³-hybridized carbons (Fsp3) is 0.478. The minimum atomic E-state index is -0.891. The van der Waals surface area contributed by atoms with Crippen molar-refractivity contribution < 1.29 is 18.7 Å². The number of carbonyl (C=O) groups is 1. The number of hydrogen-bond acceptors (Lipinski definition) is 6. The Balaban J connectivity index is 1.46. The summed E-state index contributed by atoms with van der Waals surface area (Å²) in [7, 11) is 0. The van der Waals surface area contributed by atoms with E-state index in [-0.39, 0.29) is 52.5 Å². The van der Waals surface area contributed by atoms with E-state index in [0.29, 0.717) is 11.8 Å². The lowest BCUT2D eigenvalue weighted by molar-refractivity contribution is -0.148. The number of aromatic amines is 1. The maximum absolute atomic E-state index is 15.7. The molecule has 3 heterocycles. The van der Waals surface area contributed by atoms with Crippen LogP contribution in [0.5, 0.6) is 0 Å². The third-order valence-electron chi connectivity index (χ3n) is 7.56. The monoisotopic (exact) mass is 465 g/mol. The maximum Gasteiger partial charge on any atom is 0.308 e. The second-order valence-electron chi connectivity index (χ2n) is 9.47. The molecule has 4 atom stereocenters. The molecule has 3 aromatic rings. The van der Waals surface area contributed by atoms with Crippen molar-refractivity contribution in [3.05, 3.63) is 41.0 Å². The van der Waals surface area contributed by atoms with E-state index in [9.17, 15) is 14.3 Å². The van der Waals surface area contributed by atoms with Crippen LogP contribution in [0, 0.1) is 36.0 Å². The van der Waals surface area contributed by atoms with Gasteiger partial charge in [0.05, 0.1) is 29.1 Å². The van der Waals surface area contributed by atoms with Crippen LogP contribution in [-0.4, -0.2) is 48.3 Å². The molecule has 4 aliphatic rings. The number of anilines is 1. The van der Waals surface area contributed by atoms with Crippen molar-refractivity contribution in [1.82, 2.24) is 25.1 Å². The van der Waals surface area contributed by atoms with Crippen LogP contribution in [0.25, 0.3) is 27.4 Å². The molecule has 174 valence electrons. The molecule has 0 radical (unpaired) electrons. The summed E-state index contributed by atoms with van der Waals surface area (Å²) >= 11 is 0. The fourth-order valence-electron chi connectivity index (χ4n) is 5.75. The highest BCUT2D eigenvalue weighted by molar-refractivity contribution is 5.88. The Morgan fingerprint density at radius 1 is 1.21 bits per heavy atom. The molecule has 9 nitrogen and oxygen atoms in total. The van der Waals surface area contributed by atoms with Crippen molar-refractivity contribution in [2.75, 3.05) is 5.32 Å². The SMILES string of the molecule is [C-]#[N+][C@@H]1C[C@H]1c1nc(-c2[nH]nc3ncc(F)cc23)nc(N[C@H]2C3CCC(CC3)[C@@H]2C(=O)O)c1F. The van der Waals surface area contributed by atoms with Gasteiger partial charge in [0, 0.05) is 12.5 Å². The van der Waals surface area contributed by atoms with E-state index in [1.807, 2.05) is 0 Å². The Bertz CT molecular complexity index is 1350. The second-order valence-corrected chi connectivity index (χ2v) is 9.47. The molecule has 4 fully saturated rings. The molecule has 0 aliphatic heterocycles. The molecular weight excluding hydrogens is 444 g/mol. The van der Waals surface area contributed by atoms with Gasteiger partial charge in [-0.25, -0.2) is 30.3 Å². The number of fused-ring (bicyclic) bond motifs is 4. The lowest BCUT2D eigenvalue weighted by Crippen LogP contribution is -2.51. The number of carboxylic acid groups (broad SMARTS) is 1. The highest BCUT2D eigenvalue weighted by atomic mass is 19.1. The van der Waals surface area contributed by atoms with Crippen LogP contribution >= 0.6 is 0 Å². The molecule has 11 heteroatoms. The fourth-order valence-corrected chi connectivity index (χ4v) is 5.75. The number of H-pyrrole nitrogens is 1. The molecule has 2 bridgehead atoms. The smallest absolute Gasteiger partial charge is 0.308 e. The van der Waals surface area contributed by atoms with Crippen LogP contribution in [0.2, 0.25) is 0 Å². The molecule has 0 spiro atoms. The summed E-state index contributed by atoms with van der Waals surface area (Å²) in [5.41, 5.74) is 0.654. The zero-order valence-electron chi connectivity index (χ0n) is 18.0. The lowest BCUT2D eigenvalue weighted by atomic mass is 9.61. The second kappa shape index (κ2) is 7.68. The van der Waals surface area contributed by atoms with Crippen LogP contribution in [0.3, 0.4) is 0 Å². The Hall–Kier alpha value is -3.68. The van der Waals surface area contributed by atoms with Gasteiger partial charge in [0.2, 0.25) is 6.04 Å². The van der Waals surface area contributed by atoms with Crippen LogP contribution in [0.1, 0.15) is 43.7 Å². The van der Waals surface area contributed by atoms with Gasteiger partial charge < -0.3 is 15.3 Å². The van der Waals surface area contributed by atoms with E-state index in [4.69, 9.17) is 6.57 Å². The van der Waals surface area contributed by atoms with E-state index in [1.165, 1.54) is 6.07 Å². The first-order chi connectivity index (χ1) is 16.4. The zero-order chi connectivity index (χ0) is 23.6. The van der Waals surface area contributed by atoms with Gasteiger partial charge in [-0.15, -0.1) is 0 Å². The average molecular weight is 465 g/mol. The Labute approximate surface area is 192 Å². The molecule has 4 aliphatic carbocycles. The molecule has 0 saturated heterocycles. The standard InChI is InChI=1S/C23H21F2N7O2/c1-26-14-7-12(14)18-16(25)21(28-17-10-4-2-9(3-5-10)15(17)23(33)34)30-22(29-18)19-13-6-11(24)8-27-20(13)32-31-19/h6,8-10,12,14-15,17H,2-5,7H2,(H,33,34)(H,27,31,32)(H,28,29,30)/t9?,10?,12-,14-,15+,17+/m1/s1. The van der Waals surface area contributed by atoms with E-state index < -0.39 is 29.6 Å². The van der Waals surface area contributed by atoms with Crippen LogP contribution in [-0.2, 0) is 4.79 Å². The molecule has 4 saturated carbocycles. The lowest BCUT2D eigenvalue weighted by Gasteiger charge is -2.47. The molecule has 7 rings (SSSR count). The summed E-state index contributed by atoms with van der Waals surface area (Å²) in [5.74, 6) is -2.96. The molecule has 3 aromatic heterocycles. The van der Waals surface area contributed by atoms with Gasteiger partial charge in [-0.3, -0.25) is 9.89 Å². The Kier molecular flexibility index (Phi) is 4.72. The molecule has 3 N–H and O–H groups in total. The topological polar surface area (TPSA) is 121 Å². The van der Waals surface area contributed by atoms with Gasteiger partial charge in [-0.1, -0.05) is 0 Å². The summed E-state index contributed by atoms with van der Waals surface area (Å²) in [5, 5.41) is 20.2. The highest BCUT2D eigenvalue weighted by Gasteiger charge is 2.50. The zero-order valence-corrected chi connectivity index (χ0v) is 18.0. The first-order valence-electron chi connectivity index (χ1n) is 11.4. The summed E-state index contributed by atoms with van der Waals surface area (Å²) in [6, 6.07) is 0.434. The number of aromatic nitrogens is 5. The normalized spacial score (nSPS) is 29.7. The number of aliphatic carboxylic acids is 1. The van der Waals surface area contributed by atoms with E-state index in [0.717, 1.165) is 31.9 Å². The minimum Gasteiger partial charge on any atom is -0.481 e. The summed E-state index contributed by atoms with van der Waals surface area (Å²) in [4.78, 5) is 28.3. The van der Waals surface area contributed by atoms with Gasteiger partial charge in [0.1, 0.15) is 11.5 Å². The summed E-state index contributed by atoms with van der Waals surface area (Å²) in [6.45, 7) is 7.30. The van der Waals surface area contributed by atoms with Gasteiger partial charge in [0.15, 0.2) is 23.1 Å². The first-order valence-corrected chi connectivity index (χ1v) is 11.4. The van der Waals surface area contributed by atoms with Crippen molar-refractivity contribution in [1.29, 1.82) is 0 Å². The minimum absolute atomic E-state index is 0.0457. The number of halogens is 2. The van der Waals surface area contributed by atoms with Crippen molar-refractivity contribution in [3.8, 4) is 11.5 Å². The number of hydrogen-bond donors (Lipinski definition) is 3. The van der Waals surface area contributed by atoms with Gasteiger partial charge in [0.25, 0.3) is 0 Å². The first kappa shape index (κ1) is 20.9. The predicted octanol–water partition coefficient (Wildman–Crippen LogP) is 3.77. The number of carboxylic acids is 1. The predicted molar refractivity (Wildman–Crippen MR) is 117 cm³/mol. The molecule has 34 heavy (non-hydrogen) atoms. The average Bonchev–Trinajstić information content (AvgIpc) is 3.51. The van der Waals surface area contributed by atoms with E-state index >= 15 is 4.39 Å². The highest BCUT2D eigenvalue weighted by Crippen LogP contribution is 2.48. The Morgan fingerprint density at radius 2 is 1.97 bits per heavy atom. The summed E-state index contributed by atoms with van der Waals surface area (Å²) in [6.07, 6.45) is 5.02. The van der Waals surface area contributed by atoms with Crippen LogP contribution < -0.4 is 5.32 Å². The molecule has 0 amide bonds. The molecule has 0 unspecified atom stereocenters. The van der Waals surface area contributed by atoms with Crippen molar-refractivity contribution in [2.24, 2.45) is 17.8 Å². The number of pyridine rings is 1. The maximum atomic E-state index is 15.7. The quantitative estimate of drug-likeness (QED) is 0.491.